The molecule has 130 valence electrons. The van der Waals surface area contributed by atoms with Crippen LogP contribution in [0.3, 0.4) is 0 Å². The summed E-state index contributed by atoms with van der Waals surface area (Å²) in [4.78, 5) is 16.6. The average Bonchev–Trinajstić information content (AvgIpc) is 2.99. The van der Waals surface area contributed by atoms with Gasteiger partial charge < -0.3 is 4.57 Å². The number of hydrogen-bond acceptors (Lipinski definition) is 4. The number of benzene rings is 1. The predicted molar refractivity (Wildman–Crippen MR) is 99.3 cm³/mol. The normalized spacial score (nSPS) is 14.8. The molecule has 1 aromatic carbocycles. The second-order valence-corrected chi connectivity index (χ2v) is 6.73. The first-order chi connectivity index (χ1) is 12.3. The monoisotopic (exact) mass is 335 g/mol. The van der Waals surface area contributed by atoms with Crippen LogP contribution in [0.5, 0.6) is 0 Å². The molecule has 4 rings (SSSR count). The minimum atomic E-state index is 0.874. The van der Waals surface area contributed by atoms with Gasteiger partial charge in [-0.3, -0.25) is 4.90 Å². The molecule has 0 amide bonds. The molecular weight excluding hydrogens is 310 g/mol. The molecule has 0 radical (unpaired) electrons. The Bertz CT molecular complexity index is 883. The SMILES string of the molecule is CCCc1ncc2c(n1)CCN(Cc1nc3ccccc3n1CC)C2. The van der Waals surface area contributed by atoms with Crippen LogP contribution in [-0.2, 0) is 32.5 Å². The molecule has 0 bridgehead atoms. The number of nitrogens with zero attached hydrogens (tertiary/aromatic N) is 5. The molecule has 0 saturated carbocycles. The number of para-hydroxylation sites is 2. The van der Waals surface area contributed by atoms with Crippen LogP contribution in [0.2, 0.25) is 0 Å². The summed E-state index contributed by atoms with van der Waals surface area (Å²) in [5, 5.41) is 0. The molecule has 0 spiro atoms. The second-order valence-electron chi connectivity index (χ2n) is 6.73. The molecule has 3 aromatic rings. The summed E-state index contributed by atoms with van der Waals surface area (Å²) in [6, 6.07) is 8.40. The Kier molecular flexibility index (Phi) is 4.49. The summed E-state index contributed by atoms with van der Waals surface area (Å²) >= 11 is 0. The van der Waals surface area contributed by atoms with Gasteiger partial charge in [0.25, 0.3) is 0 Å². The molecule has 1 aliphatic rings. The maximum absolute atomic E-state index is 4.86. The number of imidazole rings is 1. The minimum Gasteiger partial charge on any atom is -0.327 e. The third-order valence-corrected chi connectivity index (χ3v) is 4.95. The Morgan fingerprint density at radius 1 is 1.12 bits per heavy atom. The largest absolute Gasteiger partial charge is 0.327 e. The van der Waals surface area contributed by atoms with Crippen LogP contribution in [0, 0.1) is 0 Å². The zero-order valence-corrected chi connectivity index (χ0v) is 15.1. The van der Waals surface area contributed by atoms with Crippen molar-refractivity contribution in [3.63, 3.8) is 0 Å². The number of aromatic nitrogens is 4. The molecule has 5 heteroatoms. The van der Waals surface area contributed by atoms with E-state index in [0.717, 1.165) is 62.6 Å². The summed E-state index contributed by atoms with van der Waals surface area (Å²) < 4.78 is 2.33. The van der Waals surface area contributed by atoms with Crippen molar-refractivity contribution in [1.82, 2.24) is 24.4 Å². The fourth-order valence-electron chi connectivity index (χ4n) is 3.69. The fraction of sp³-hybridized carbons (Fsp3) is 0.450. The molecule has 5 nitrogen and oxygen atoms in total. The van der Waals surface area contributed by atoms with Gasteiger partial charge in [-0.05, 0) is 25.5 Å². The van der Waals surface area contributed by atoms with E-state index in [1.807, 2.05) is 6.20 Å². The van der Waals surface area contributed by atoms with Crippen LogP contribution in [0.25, 0.3) is 11.0 Å². The van der Waals surface area contributed by atoms with E-state index in [1.54, 1.807) is 0 Å². The lowest BCUT2D eigenvalue weighted by Crippen LogP contribution is -2.32. The van der Waals surface area contributed by atoms with Gasteiger partial charge in [-0.1, -0.05) is 19.1 Å². The van der Waals surface area contributed by atoms with Gasteiger partial charge in [0.1, 0.15) is 11.6 Å². The van der Waals surface area contributed by atoms with E-state index in [1.165, 1.54) is 16.8 Å². The van der Waals surface area contributed by atoms with E-state index in [4.69, 9.17) is 9.97 Å². The predicted octanol–water partition coefficient (Wildman–Crippen LogP) is 3.36. The van der Waals surface area contributed by atoms with Gasteiger partial charge in [0.15, 0.2) is 0 Å². The van der Waals surface area contributed by atoms with E-state index in [2.05, 4.69) is 52.6 Å². The van der Waals surface area contributed by atoms with Crippen molar-refractivity contribution in [2.45, 2.75) is 52.7 Å². The van der Waals surface area contributed by atoms with Crippen LogP contribution in [0.1, 0.15) is 43.2 Å². The molecule has 25 heavy (non-hydrogen) atoms. The summed E-state index contributed by atoms with van der Waals surface area (Å²) in [5.74, 6) is 2.14. The third kappa shape index (κ3) is 3.16. The highest BCUT2D eigenvalue weighted by Crippen LogP contribution is 2.21. The smallest absolute Gasteiger partial charge is 0.128 e. The Balaban J connectivity index is 1.55. The van der Waals surface area contributed by atoms with E-state index in [-0.39, 0.29) is 0 Å². The van der Waals surface area contributed by atoms with Crippen molar-refractivity contribution in [3.8, 4) is 0 Å². The molecule has 3 heterocycles. The Morgan fingerprint density at radius 3 is 2.84 bits per heavy atom. The van der Waals surface area contributed by atoms with Gasteiger partial charge in [0.2, 0.25) is 0 Å². The summed E-state index contributed by atoms with van der Waals surface area (Å²) in [6.45, 7) is 8.12. The van der Waals surface area contributed by atoms with E-state index in [9.17, 15) is 0 Å². The number of aryl methyl sites for hydroxylation is 2. The van der Waals surface area contributed by atoms with E-state index >= 15 is 0 Å². The Labute approximate surface area is 148 Å². The zero-order valence-electron chi connectivity index (χ0n) is 15.1. The first kappa shape index (κ1) is 16.2. The molecule has 0 atom stereocenters. The first-order valence-electron chi connectivity index (χ1n) is 9.28. The van der Waals surface area contributed by atoms with Crippen LogP contribution in [0.4, 0.5) is 0 Å². The molecule has 1 aliphatic heterocycles. The van der Waals surface area contributed by atoms with Gasteiger partial charge >= 0.3 is 0 Å². The molecule has 0 unspecified atom stereocenters. The molecular formula is C20H25N5. The number of rotatable bonds is 5. The second kappa shape index (κ2) is 6.92. The maximum atomic E-state index is 4.86. The topological polar surface area (TPSA) is 46.8 Å². The minimum absolute atomic E-state index is 0.874. The van der Waals surface area contributed by atoms with Crippen molar-refractivity contribution in [3.05, 3.63) is 53.4 Å². The maximum Gasteiger partial charge on any atom is 0.128 e. The standard InChI is InChI=1S/C20H25N5/c1-3-7-19-21-12-15-13-24(11-10-16(15)22-19)14-20-23-17-8-5-6-9-18(17)25(20)4-2/h5-6,8-9,12H,3-4,7,10-11,13-14H2,1-2H3. The zero-order chi connectivity index (χ0) is 17.2. The van der Waals surface area contributed by atoms with Crippen molar-refractivity contribution in [2.75, 3.05) is 6.54 Å². The Morgan fingerprint density at radius 2 is 2.00 bits per heavy atom. The van der Waals surface area contributed by atoms with Gasteiger partial charge in [0, 0.05) is 49.9 Å². The Hall–Kier alpha value is -2.27. The van der Waals surface area contributed by atoms with Crippen LogP contribution in [-0.4, -0.2) is 31.0 Å². The van der Waals surface area contributed by atoms with Gasteiger partial charge in [-0.25, -0.2) is 15.0 Å². The van der Waals surface area contributed by atoms with Crippen molar-refractivity contribution in [2.24, 2.45) is 0 Å². The lowest BCUT2D eigenvalue weighted by atomic mass is 10.1. The van der Waals surface area contributed by atoms with Crippen molar-refractivity contribution in [1.29, 1.82) is 0 Å². The lowest BCUT2D eigenvalue weighted by molar-refractivity contribution is 0.234. The molecule has 2 aromatic heterocycles. The highest BCUT2D eigenvalue weighted by molar-refractivity contribution is 5.75. The quantitative estimate of drug-likeness (QED) is 0.717. The highest BCUT2D eigenvalue weighted by atomic mass is 15.2. The number of fused-ring (bicyclic) bond motifs is 2. The lowest BCUT2D eigenvalue weighted by Gasteiger charge is -2.27. The summed E-state index contributed by atoms with van der Waals surface area (Å²) in [5.41, 5.74) is 4.82. The van der Waals surface area contributed by atoms with Crippen LogP contribution in [0.15, 0.2) is 30.5 Å². The molecule has 0 aliphatic carbocycles. The molecule has 0 fully saturated rings. The third-order valence-electron chi connectivity index (χ3n) is 4.95. The van der Waals surface area contributed by atoms with Crippen LogP contribution >= 0.6 is 0 Å². The first-order valence-corrected chi connectivity index (χ1v) is 9.28. The highest BCUT2D eigenvalue weighted by Gasteiger charge is 2.20. The van der Waals surface area contributed by atoms with E-state index < -0.39 is 0 Å². The average molecular weight is 335 g/mol. The van der Waals surface area contributed by atoms with E-state index in [0.29, 0.717) is 0 Å². The van der Waals surface area contributed by atoms with Gasteiger partial charge in [0.05, 0.1) is 17.6 Å². The fourth-order valence-corrected chi connectivity index (χ4v) is 3.69. The molecule has 0 N–H and O–H groups in total. The van der Waals surface area contributed by atoms with Crippen LogP contribution < -0.4 is 0 Å². The number of hydrogen-bond donors (Lipinski definition) is 0. The molecule has 0 saturated heterocycles. The summed E-state index contributed by atoms with van der Waals surface area (Å²) in [6.07, 6.45) is 5.10. The van der Waals surface area contributed by atoms with Gasteiger partial charge in [-0.2, -0.15) is 0 Å². The summed E-state index contributed by atoms with van der Waals surface area (Å²) in [7, 11) is 0. The van der Waals surface area contributed by atoms with Crippen molar-refractivity contribution < 1.29 is 0 Å². The van der Waals surface area contributed by atoms with Gasteiger partial charge in [-0.15, -0.1) is 0 Å². The van der Waals surface area contributed by atoms with Crippen molar-refractivity contribution >= 4 is 11.0 Å².